The van der Waals surface area contributed by atoms with Gasteiger partial charge in [0.05, 0.1) is 5.69 Å². The first-order valence-corrected chi connectivity index (χ1v) is 6.38. The van der Waals surface area contributed by atoms with Gasteiger partial charge in [-0.15, -0.1) is 20.4 Å². The van der Waals surface area contributed by atoms with Gasteiger partial charge in [0.2, 0.25) is 0 Å². The average molecular weight is 259 g/mol. The van der Waals surface area contributed by atoms with Crippen molar-refractivity contribution in [2.24, 2.45) is 10.2 Å². The molecule has 0 radical (unpaired) electrons. The lowest BCUT2D eigenvalue weighted by Gasteiger charge is -2.17. The minimum Gasteiger partial charge on any atom is -0.349 e. The van der Waals surface area contributed by atoms with Crippen LogP contribution in [-0.4, -0.2) is 16.7 Å². The summed E-state index contributed by atoms with van der Waals surface area (Å²) < 4.78 is 0. The van der Waals surface area contributed by atoms with Crippen LogP contribution in [-0.2, 0) is 0 Å². The number of azo groups is 1. The Kier molecular flexibility index (Phi) is 4.14. The molecule has 1 aromatic carbocycles. The van der Waals surface area contributed by atoms with Crippen LogP contribution < -0.4 is 4.90 Å². The van der Waals surface area contributed by atoms with Crippen molar-refractivity contribution in [3.63, 3.8) is 0 Å². The molecule has 2 aromatic rings. The maximum Gasteiger partial charge on any atom is 0.251 e. The fourth-order valence-electron chi connectivity index (χ4n) is 1.44. The molecule has 0 N–H and O–H groups in total. The molecule has 0 fully saturated rings. The Morgan fingerprint density at radius 2 is 2.11 bits per heavy atom. The highest BCUT2D eigenvalue weighted by atomic mass is 32.1. The molecule has 6 heteroatoms. The van der Waals surface area contributed by atoms with E-state index in [9.17, 15) is 0 Å². The van der Waals surface area contributed by atoms with Crippen molar-refractivity contribution in [1.29, 1.82) is 0 Å². The monoisotopic (exact) mass is 259 g/mol. The van der Waals surface area contributed by atoms with Gasteiger partial charge in [0.1, 0.15) is 5.51 Å². The zero-order valence-electron chi connectivity index (χ0n) is 10.0. The topological polar surface area (TPSA) is 53.7 Å². The third kappa shape index (κ3) is 2.98. The smallest absolute Gasteiger partial charge is 0.251 e. The Hall–Kier alpha value is -2.08. The van der Waals surface area contributed by atoms with Gasteiger partial charge in [0.25, 0.3) is 5.13 Å². The largest absolute Gasteiger partial charge is 0.349 e. The predicted octanol–water partition coefficient (Wildman–Crippen LogP) is 3.92. The average Bonchev–Trinajstić information content (AvgIpc) is 2.92. The first-order valence-electron chi connectivity index (χ1n) is 5.50. The Labute approximate surface area is 110 Å². The van der Waals surface area contributed by atoms with Gasteiger partial charge in [0, 0.05) is 12.2 Å². The van der Waals surface area contributed by atoms with Crippen molar-refractivity contribution in [1.82, 2.24) is 10.2 Å². The van der Waals surface area contributed by atoms with E-state index < -0.39 is 0 Å². The second kappa shape index (κ2) is 6.02. The number of nitrogens with zero attached hydrogens (tertiary/aromatic N) is 5. The van der Waals surface area contributed by atoms with E-state index in [-0.39, 0.29) is 0 Å². The molecule has 0 atom stereocenters. The zero-order valence-corrected chi connectivity index (χ0v) is 10.8. The second-order valence-electron chi connectivity index (χ2n) is 3.41. The van der Waals surface area contributed by atoms with E-state index in [1.165, 1.54) is 11.3 Å². The molecule has 92 valence electrons. The van der Waals surface area contributed by atoms with E-state index in [0.717, 1.165) is 17.9 Å². The quantitative estimate of drug-likeness (QED) is 0.764. The van der Waals surface area contributed by atoms with Crippen LogP contribution in [0.15, 0.2) is 52.8 Å². The van der Waals surface area contributed by atoms with Crippen LogP contribution in [0.1, 0.15) is 6.92 Å². The number of aromatic nitrogens is 2. The maximum absolute atomic E-state index is 4.09. The summed E-state index contributed by atoms with van der Waals surface area (Å²) in [6, 6.07) is 7.79. The SMILES string of the molecule is C=CN(CC)c1ccc(N=Nc2nncs2)cc1. The van der Waals surface area contributed by atoms with Crippen molar-refractivity contribution in [2.75, 3.05) is 11.4 Å². The van der Waals surface area contributed by atoms with Crippen molar-refractivity contribution in [3.8, 4) is 0 Å². The molecule has 0 aliphatic rings. The normalized spacial score (nSPS) is 10.7. The molecule has 0 spiro atoms. The van der Waals surface area contributed by atoms with Crippen LogP contribution in [0.3, 0.4) is 0 Å². The molecule has 1 heterocycles. The van der Waals surface area contributed by atoms with Gasteiger partial charge in [-0.2, -0.15) is 0 Å². The van der Waals surface area contributed by atoms with Crippen LogP contribution in [0, 0.1) is 0 Å². The van der Waals surface area contributed by atoms with Crippen LogP contribution in [0.5, 0.6) is 0 Å². The van der Waals surface area contributed by atoms with Gasteiger partial charge in [-0.3, -0.25) is 0 Å². The Morgan fingerprint density at radius 1 is 1.33 bits per heavy atom. The summed E-state index contributed by atoms with van der Waals surface area (Å²) in [6.45, 7) is 6.73. The predicted molar refractivity (Wildman–Crippen MR) is 73.7 cm³/mol. The summed E-state index contributed by atoms with van der Waals surface area (Å²) >= 11 is 1.35. The summed E-state index contributed by atoms with van der Waals surface area (Å²) in [4.78, 5) is 2.05. The summed E-state index contributed by atoms with van der Waals surface area (Å²) in [7, 11) is 0. The van der Waals surface area contributed by atoms with Crippen molar-refractivity contribution >= 4 is 27.8 Å². The summed E-state index contributed by atoms with van der Waals surface area (Å²) in [5.74, 6) is 0. The minimum absolute atomic E-state index is 0.556. The van der Waals surface area contributed by atoms with Crippen molar-refractivity contribution < 1.29 is 0 Å². The molecular formula is C12H13N5S. The molecule has 18 heavy (non-hydrogen) atoms. The Balaban J connectivity index is 2.10. The summed E-state index contributed by atoms with van der Waals surface area (Å²) in [5.41, 5.74) is 3.50. The fourth-order valence-corrected chi connectivity index (χ4v) is 1.81. The molecule has 5 nitrogen and oxygen atoms in total. The number of hydrogen-bond acceptors (Lipinski definition) is 6. The van der Waals surface area contributed by atoms with E-state index in [0.29, 0.717) is 5.13 Å². The third-order valence-electron chi connectivity index (χ3n) is 2.34. The zero-order chi connectivity index (χ0) is 12.8. The first-order chi connectivity index (χ1) is 8.83. The van der Waals surface area contributed by atoms with E-state index in [2.05, 4.69) is 33.9 Å². The maximum atomic E-state index is 4.09. The van der Waals surface area contributed by atoms with Gasteiger partial charge in [0.15, 0.2) is 0 Å². The molecule has 0 aliphatic heterocycles. The summed E-state index contributed by atoms with van der Waals surface area (Å²) in [5, 5.41) is 16.1. The highest BCUT2D eigenvalue weighted by Gasteiger charge is 1.99. The van der Waals surface area contributed by atoms with Gasteiger partial charge in [-0.05, 0) is 37.4 Å². The Morgan fingerprint density at radius 3 is 2.67 bits per heavy atom. The highest BCUT2D eigenvalue weighted by molar-refractivity contribution is 7.13. The Bertz CT molecular complexity index is 518. The van der Waals surface area contributed by atoms with E-state index >= 15 is 0 Å². The van der Waals surface area contributed by atoms with Crippen LogP contribution in [0.25, 0.3) is 0 Å². The van der Waals surface area contributed by atoms with Crippen molar-refractivity contribution in [3.05, 3.63) is 42.6 Å². The molecule has 0 bridgehead atoms. The molecule has 0 aliphatic carbocycles. The molecular weight excluding hydrogens is 246 g/mol. The van der Waals surface area contributed by atoms with E-state index in [1.54, 1.807) is 11.7 Å². The standard InChI is InChI=1S/C12H13N5S/c1-3-17(4-2)11-7-5-10(6-8-11)14-16-12-15-13-9-18-12/h3,5-9H,1,4H2,2H3. The highest BCUT2D eigenvalue weighted by Crippen LogP contribution is 2.22. The lowest BCUT2D eigenvalue weighted by molar-refractivity contribution is 1.02. The van der Waals surface area contributed by atoms with Gasteiger partial charge in [-0.25, -0.2) is 0 Å². The third-order valence-corrected chi connectivity index (χ3v) is 2.92. The van der Waals surface area contributed by atoms with E-state index in [4.69, 9.17) is 0 Å². The number of hydrogen-bond donors (Lipinski definition) is 0. The van der Waals surface area contributed by atoms with Gasteiger partial charge >= 0.3 is 0 Å². The minimum atomic E-state index is 0.556. The van der Waals surface area contributed by atoms with Gasteiger partial charge in [-0.1, -0.05) is 17.9 Å². The first kappa shape index (κ1) is 12.4. The van der Waals surface area contributed by atoms with Crippen molar-refractivity contribution in [2.45, 2.75) is 6.92 Å². The number of benzene rings is 1. The molecule has 0 unspecified atom stereocenters. The summed E-state index contributed by atoms with van der Waals surface area (Å²) in [6.07, 6.45) is 1.80. The van der Waals surface area contributed by atoms with Crippen LogP contribution in [0.4, 0.5) is 16.5 Å². The van der Waals surface area contributed by atoms with Gasteiger partial charge < -0.3 is 4.90 Å². The molecule has 2 rings (SSSR count). The van der Waals surface area contributed by atoms with Crippen LogP contribution >= 0.6 is 11.3 Å². The lowest BCUT2D eigenvalue weighted by atomic mass is 10.2. The molecule has 1 aromatic heterocycles. The van der Waals surface area contributed by atoms with E-state index in [1.807, 2.05) is 29.2 Å². The molecule has 0 saturated heterocycles. The van der Waals surface area contributed by atoms with Crippen LogP contribution in [0.2, 0.25) is 0 Å². The fraction of sp³-hybridized carbons (Fsp3) is 0.167. The number of anilines is 1. The molecule has 0 saturated carbocycles. The second-order valence-corrected chi connectivity index (χ2v) is 4.22. The number of rotatable bonds is 5. The molecule has 0 amide bonds. The lowest BCUT2D eigenvalue weighted by Crippen LogP contribution is -2.13.